The maximum Gasteiger partial charge on any atom is 0.261 e. The van der Waals surface area contributed by atoms with Crippen LogP contribution in [0.1, 0.15) is 28.2 Å². The van der Waals surface area contributed by atoms with E-state index in [9.17, 15) is 4.79 Å². The zero-order chi connectivity index (χ0) is 13.2. The Morgan fingerprint density at radius 3 is 2.68 bits per heavy atom. The summed E-state index contributed by atoms with van der Waals surface area (Å²) in [6, 6.07) is 14.0. The SMILES string of the molecule is C[C@H](NC(=O)c1cc2sccc2s1)c1ccccc1. The predicted octanol–water partition coefficient (Wildman–Crippen LogP) is 4.45. The summed E-state index contributed by atoms with van der Waals surface area (Å²) in [5.41, 5.74) is 1.12. The van der Waals surface area contributed by atoms with Gasteiger partial charge in [0.15, 0.2) is 0 Å². The molecule has 2 aromatic heterocycles. The number of hydrogen-bond acceptors (Lipinski definition) is 3. The first-order chi connectivity index (χ1) is 9.24. The molecule has 4 heteroatoms. The molecule has 2 heterocycles. The van der Waals surface area contributed by atoms with Crippen LogP contribution in [-0.2, 0) is 0 Å². The highest BCUT2D eigenvalue weighted by Crippen LogP contribution is 2.30. The fraction of sp³-hybridized carbons (Fsp3) is 0.133. The number of thiophene rings is 2. The van der Waals surface area contributed by atoms with Crippen molar-refractivity contribution in [2.24, 2.45) is 0 Å². The molecule has 1 atom stereocenters. The van der Waals surface area contributed by atoms with Gasteiger partial charge in [-0.05, 0) is 30.0 Å². The summed E-state index contributed by atoms with van der Waals surface area (Å²) in [5, 5.41) is 5.09. The number of nitrogens with one attached hydrogen (secondary N) is 1. The number of benzene rings is 1. The maximum absolute atomic E-state index is 12.2. The Kier molecular flexibility index (Phi) is 3.36. The molecule has 0 aliphatic heterocycles. The van der Waals surface area contributed by atoms with Crippen molar-refractivity contribution in [3.8, 4) is 0 Å². The minimum atomic E-state index is 0.00440. The molecule has 0 saturated heterocycles. The molecule has 0 aliphatic rings. The van der Waals surface area contributed by atoms with Gasteiger partial charge in [-0.2, -0.15) is 0 Å². The van der Waals surface area contributed by atoms with Gasteiger partial charge in [0.25, 0.3) is 5.91 Å². The summed E-state index contributed by atoms with van der Waals surface area (Å²) in [6.07, 6.45) is 0. The van der Waals surface area contributed by atoms with Gasteiger partial charge in [-0.1, -0.05) is 30.3 Å². The monoisotopic (exact) mass is 287 g/mol. The van der Waals surface area contributed by atoms with Gasteiger partial charge in [-0.15, -0.1) is 22.7 Å². The minimum absolute atomic E-state index is 0.00440. The maximum atomic E-state index is 12.2. The molecule has 1 N–H and O–H groups in total. The molecular weight excluding hydrogens is 274 g/mol. The van der Waals surface area contributed by atoms with E-state index >= 15 is 0 Å². The minimum Gasteiger partial charge on any atom is -0.345 e. The molecular formula is C15H13NOS2. The lowest BCUT2D eigenvalue weighted by Crippen LogP contribution is -2.25. The van der Waals surface area contributed by atoms with Gasteiger partial charge in [0.2, 0.25) is 0 Å². The van der Waals surface area contributed by atoms with Gasteiger partial charge in [0.05, 0.1) is 10.9 Å². The van der Waals surface area contributed by atoms with E-state index in [0.29, 0.717) is 0 Å². The molecule has 0 unspecified atom stereocenters. The Hall–Kier alpha value is -1.65. The second-order valence-corrected chi connectivity index (χ2v) is 6.40. The van der Waals surface area contributed by atoms with Crippen molar-refractivity contribution in [2.75, 3.05) is 0 Å². The van der Waals surface area contributed by atoms with Crippen molar-refractivity contribution >= 4 is 38.0 Å². The summed E-state index contributed by atoms with van der Waals surface area (Å²) < 4.78 is 2.37. The number of carbonyl (C=O) groups is 1. The van der Waals surface area contributed by atoms with Crippen LogP contribution in [0.15, 0.2) is 47.8 Å². The van der Waals surface area contributed by atoms with Crippen LogP contribution in [0.3, 0.4) is 0 Å². The molecule has 0 spiro atoms. The average molecular weight is 287 g/mol. The van der Waals surface area contributed by atoms with Crippen LogP contribution in [-0.4, -0.2) is 5.91 Å². The highest BCUT2D eigenvalue weighted by atomic mass is 32.1. The lowest BCUT2D eigenvalue weighted by Gasteiger charge is -2.13. The number of carbonyl (C=O) groups excluding carboxylic acids is 1. The molecule has 0 fully saturated rings. The summed E-state index contributed by atoms with van der Waals surface area (Å²) in [4.78, 5) is 13.0. The third-order valence-electron chi connectivity index (χ3n) is 3.01. The molecule has 0 bridgehead atoms. The molecule has 1 amide bonds. The van der Waals surface area contributed by atoms with Gasteiger partial charge in [0, 0.05) is 9.40 Å². The van der Waals surface area contributed by atoms with E-state index in [0.717, 1.165) is 10.4 Å². The molecule has 2 nitrogen and oxygen atoms in total. The van der Waals surface area contributed by atoms with E-state index in [1.807, 2.05) is 43.3 Å². The Labute approximate surface area is 119 Å². The largest absolute Gasteiger partial charge is 0.345 e. The van der Waals surface area contributed by atoms with Crippen molar-refractivity contribution < 1.29 is 4.79 Å². The van der Waals surface area contributed by atoms with E-state index in [4.69, 9.17) is 0 Å². The summed E-state index contributed by atoms with van der Waals surface area (Å²) in [6.45, 7) is 2.00. The Morgan fingerprint density at radius 1 is 1.16 bits per heavy atom. The second-order valence-electron chi connectivity index (χ2n) is 4.37. The lowest BCUT2D eigenvalue weighted by molar-refractivity contribution is 0.0944. The molecule has 0 aliphatic carbocycles. The van der Waals surface area contributed by atoms with Crippen LogP contribution in [0.4, 0.5) is 0 Å². The first-order valence-electron chi connectivity index (χ1n) is 6.07. The number of rotatable bonds is 3. The summed E-state index contributed by atoms with van der Waals surface area (Å²) in [5.74, 6) is 0.00440. The van der Waals surface area contributed by atoms with Gasteiger partial charge in [-0.25, -0.2) is 0 Å². The van der Waals surface area contributed by atoms with E-state index < -0.39 is 0 Å². The molecule has 0 radical (unpaired) electrons. The van der Waals surface area contributed by atoms with Gasteiger partial charge >= 0.3 is 0 Å². The summed E-state index contributed by atoms with van der Waals surface area (Å²) in [7, 11) is 0. The van der Waals surface area contributed by atoms with Crippen LogP contribution in [0, 0.1) is 0 Å². The van der Waals surface area contributed by atoms with E-state index in [1.54, 1.807) is 22.7 Å². The fourth-order valence-corrected chi connectivity index (χ4v) is 3.98. The highest BCUT2D eigenvalue weighted by Gasteiger charge is 2.14. The van der Waals surface area contributed by atoms with Crippen LogP contribution in [0.25, 0.3) is 9.40 Å². The normalized spacial score (nSPS) is 12.5. The number of amides is 1. The Balaban J connectivity index is 1.76. The van der Waals surface area contributed by atoms with Gasteiger partial charge in [-0.3, -0.25) is 4.79 Å². The van der Waals surface area contributed by atoms with E-state index in [1.165, 1.54) is 9.40 Å². The van der Waals surface area contributed by atoms with Crippen molar-refractivity contribution in [1.29, 1.82) is 0 Å². The molecule has 1 aromatic carbocycles. The molecule has 0 saturated carbocycles. The van der Waals surface area contributed by atoms with Crippen LogP contribution < -0.4 is 5.32 Å². The Bertz CT molecular complexity index is 671. The molecule has 3 rings (SSSR count). The van der Waals surface area contributed by atoms with Crippen LogP contribution in [0.2, 0.25) is 0 Å². The molecule has 19 heavy (non-hydrogen) atoms. The topological polar surface area (TPSA) is 29.1 Å². The molecule has 3 aromatic rings. The highest BCUT2D eigenvalue weighted by molar-refractivity contribution is 7.27. The third kappa shape index (κ3) is 2.55. The first kappa shape index (κ1) is 12.4. The average Bonchev–Trinajstić information content (AvgIpc) is 3.00. The van der Waals surface area contributed by atoms with Gasteiger partial charge < -0.3 is 5.32 Å². The smallest absolute Gasteiger partial charge is 0.261 e. The van der Waals surface area contributed by atoms with Crippen molar-refractivity contribution in [3.05, 3.63) is 58.3 Å². The third-order valence-corrected chi connectivity index (χ3v) is 5.10. The standard InChI is InChI=1S/C15H13NOS2/c1-10(11-5-3-2-4-6-11)16-15(17)14-9-13-12(19-14)7-8-18-13/h2-10H,1H3,(H,16,17)/t10-/m0/s1. The predicted molar refractivity (Wildman–Crippen MR) is 82.0 cm³/mol. The van der Waals surface area contributed by atoms with Crippen molar-refractivity contribution in [2.45, 2.75) is 13.0 Å². The number of fused-ring (bicyclic) bond motifs is 1. The van der Waals surface area contributed by atoms with Gasteiger partial charge in [0.1, 0.15) is 0 Å². The molecule has 96 valence electrons. The fourth-order valence-electron chi connectivity index (χ4n) is 1.97. The van der Waals surface area contributed by atoms with Crippen LogP contribution in [0.5, 0.6) is 0 Å². The van der Waals surface area contributed by atoms with E-state index in [-0.39, 0.29) is 11.9 Å². The quantitative estimate of drug-likeness (QED) is 0.757. The van der Waals surface area contributed by atoms with Crippen LogP contribution >= 0.6 is 22.7 Å². The van der Waals surface area contributed by atoms with Crippen molar-refractivity contribution in [1.82, 2.24) is 5.32 Å². The second kappa shape index (κ2) is 5.15. The zero-order valence-electron chi connectivity index (χ0n) is 10.4. The lowest BCUT2D eigenvalue weighted by atomic mass is 10.1. The van der Waals surface area contributed by atoms with Crippen molar-refractivity contribution in [3.63, 3.8) is 0 Å². The Morgan fingerprint density at radius 2 is 1.95 bits per heavy atom. The number of hydrogen-bond donors (Lipinski definition) is 1. The van der Waals surface area contributed by atoms with E-state index in [2.05, 4.69) is 16.8 Å². The summed E-state index contributed by atoms with van der Waals surface area (Å²) >= 11 is 3.22. The zero-order valence-corrected chi connectivity index (χ0v) is 12.1. The first-order valence-corrected chi connectivity index (χ1v) is 7.76.